The molecule has 1 aromatic rings. The van der Waals surface area contributed by atoms with Gasteiger partial charge < -0.3 is 15.7 Å². The van der Waals surface area contributed by atoms with E-state index in [1.807, 2.05) is 30.3 Å². The van der Waals surface area contributed by atoms with Crippen molar-refractivity contribution >= 4 is 11.8 Å². The second kappa shape index (κ2) is 9.42. The van der Waals surface area contributed by atoms with E-state index in [2.05, 4.69) is 10.6 Å². The lowest BCUT2D eigenvalue weighted by atomic mass is 10.0. The third kappa shape index (κ3) is 6.32. The van der Waals surface area contributed by atoms with Crippen LogP contribution in [0.1, 0.15) is 44.6 Å². The smallest absolute Gasteiger partial charge is 0.239 e. The van der Waals surface area contributed by atoms with Gasteiger partial charge in [0.2, 0.25) is 11.8 Å². The minimum absolute atomic E-state index is 0.0338. The first-order chi connectivity index (χ1) is 11.5. The fraction of sp³-hybridized carbons (Fsp3) is 0.579. The van der Waals surface area contributed by atoms with Crippen molar-refractivity contribution in [3.63, 3.8) is 0 Å². The van der Waals surface area contributed by atoms with Gasteiger partial charge in [0, 0.05) is 12.8 Å². The molecule has 24 heavy (non-hydrogen) atoms. The molecule has 0 aliphatic heterocycles. The number of nitrogens with one attached hydrogen (secondary N) is 2. The summed E-state index contributed by atoms with van der Waals surface area (Å²) in [4.78, 5) is 23.7. The van der Waals surface area contributed by atoms with Crippen LogP contribution in [0.2, 0.25) is 0 Å². The van der Waals surface area contributed by atoms with Crippen LogP contribution in [-0.4, -0.2) is 35.6 Å². The van der Waals surface area contributed by atoms with E-state index in [1.165, 1.54) is 12.8 Å². The lowest BCUT2D eigenvalue weighted by Crippen LogP contribution is -2.46. The quantitative estimate of drug-likeness (QED) is 0.679. The normalized spacial score (nSPS) is 17.2. The lowest BCUT2D eigenvalue weighted by molar-refractivity contribution is -0.127. The third-order valence-corrected chi connectivity index (χ3v) is 4.65. The van der Waals surface area contributed by atoms with Gasteiger partial charge in [-0.15, -0.1) is 0 Å². The molecule has 0 saturated heterocycles. The van der Waals surface area contributed by atoms with Crippen molar-refractivity contribution in [1.82, 2.24) is 10.6 Å². The van der Waals surface area contributed by atoms with E-state index < -0.39 is 6.10 Å². The van der Waals surface area contributed by atoms with Crippen LogP contribution >= 0.6 is 0 Å². The van der Waals surface area contributed by atoms with Gasteiger partial charge in [-0.3, -0.25) is 9.59 Å². The molecule has 5 nitrogen and oxygen atoms in total. The first kappa shape index (κ1) is 18.5. The Bertz CT molecular complexity index is 527. The van der Waals surface area contributed by atoms with Crippen LogP contribution in [0, 0.1) is 5.92 Å². The Morgan fingerprint density at radius 1 is 1.17 bits per heavy atom. The van der Waals surface area contributed by atoms with Gasteiger partial charge in [-0.25, -0.2) is 0 Å². The number of carbonyl (C=O) groups excluding carboxylic acids is 2. The maximum atomic E-state index is 11.9. The number of hydrogen-bond donors (Lipinski definition) is 3. The molecule has 2 unspecified atom stereocenters. The summed E-state index contributed by atoms with van der Waals surface area (Å²) >= 11 is 0. The van der Waals surface area contributed by atoms with E-state index in [4.69, 9.17) is 0 Å². The molecule has 2 atom stereocenters. The summed E-state index contributed by atoms with van der Waals surface area (Å²) in [5, 5.41) is 15.6. The van der Waals surface area contributed by atoms with Gasteiger partial charge in [0.15, 0.2) is 0 Å². The van der Waals surface area contributed by atoms with Crippen LogP contribution in [0.15, 0.2) is 30.3 Å². The first-order valence-corrected chi connectivity index (χ1v) is 8.82. The van der Waals surface area contributed by atoms with Crippen molar-refractivity contribution < 1.29 is 14.7 Å². The summed E-state index contributed by atoms with van der Waals surface area (Å²) in [6.45, 7) is 1.74. The molecule has 0 heterocycles. The van der Waals surface area contributed by atoms with Crippen molar-refractivity contribution in [2.45, 2.75) is 57.6 Å². The molecule has 0 radical (unpaired) electrons. The number of aliphatic hydroxyl groups excluding tert-OH is 1. The summed E-state index contributed by atoms with van der Waals surface area (Å²) in [7, 11) is 0. The summed E-state index contributed by atoms with van der Waals surface area (Å²) in [6.07, 6.45) is 4.97. The Morgan fingerprint density at radius 2 is 1.83 bits per heavy atom. The lowest BCUT2D eigenvalue weighted by Gasteiger charge is -2.20. The zero-order valence-electron chi connectivity index (χ0n) is 14.3. The van der Waals surface area contributed by atoms with Gasteiger partial charge in [-0.1, -0.05) is 43.2 Å². The molecule has 1 aliphatic rings. The molecule has 0 spiro atoms. The van der Waals surface area contributed by atoms with Crippen molar-refractivity contribution in [2.75, 3.05) is 6.54 Å². The van der Waals surface area contributed by atoms with Gasteiger partial charge in [0.05, 0.1) is 18.7 Å². The van der Waals surface area contributed by atoms with Gasteiger partial charge in [-0.2, -0.15) is 0 Å². The maximum absolute atomic E-state index is 11.9. The van der Waals surface area contributed by atoms with E-state index in [-0.39, 0.29) is 24.4 Å². The molecular formula is C19H28N2O3. The van der Waals surface area contributed by atoms with E-state index in [0.717, 1.165) is 18.4 Å². The van der Waals surface area contributed by atoms with Crippen molar-refractivity contribution in [3.8, 4) is 0 Å². The topological polar surface area (TPSA) is 78.4 Å². The molecule has 1 aliphatic carbocycles. The molecule has 5 heteroatoms. The Kier molecular flexibility index (Phi) is 7.25. The van der Waals surface area contributed by atoms with E-state index in [1.54, 1.807) is 6.92 Å². The Morgan fingerprint density at radius 3 is 2.50 bits per heavy atom. The van der Waals surface area contributed by atoms with Crippen LogP contribution in [0.4, 0.5) is 0 Å². The van der Waals surface area contributed by atoms with E-state index in [0.29, 0.717) is 18.8 Å². The summed E-state index contributed by atoms with van der Waals surface area (Å²) < 4.78 is 0. The minimum Gasteiger partial charge on any atom is -0.391 e. The molecule has 0 aromatic heterocycles. The van der Waals surface area contributed by atoms with Gasteiger partial charge in [0.1, 0.15) is 0 Å². The van der Waals surface area contributed by atoms with Crippen LogP contribution in [0.3, 0.4) is 0 Å². The highest BCUT2D eigenvalue weighted by molar-refractivity contribution is 5.84. The summed E-state index contributed by atoms with van der Waals surface area (Å²) in [5.74, 6) is 0.142. The SMILES string of the molecule is CC(NC(=O)CNC(=O)CC1CCCC1)C(O)Cc1ccccc1. The zero-order valence-corrected chi connectivity index (χ0v) is 14.3. The average molecular weight is 332 g/mol. The number of aliphatic hydroxyl groups is 1. The molecule has 1 fully saturated rings. The molecule has 0 bridgehead atoms. The second-order valence-corrected chi connectivity index (χ2v) is 6.74. The predicted octanol–water partition coefficient (Wildman–Crippen LogP) is 1.79. The minimum atomic E-state index is -0.662. The van der Waals surface area contributed by atoms with Crippen LogP contribution in [0.25, 0.3) is 0 Å². The highest BCUT2D eigenvalue weighted by atomic mass is 16.3. The highest BCUT2D eigenvalue weighted by Gasteiger charge is 2.20. The summed E-state index contributed by atoms with van der Waals surface area (Å²) in [6, 6.07) is 9.29. The largest absolute Gasteiger partial charge is 0.391 e. The van der Waals surface area contributed by atoms with Crippen LogP contribution in [-0.2, 0) is 16.0 Å². The van der Waals surface area contributed by atoms with E-state index in [9.17, 15) is 14.7 Å². The average Bonchev–Trinajstić information content (AvgIpc) is 3.06. The van der Waals surface area contributed by atoms with Crippen molar-refractivity contribution in [1.29, 1.82) is 0 Å². The van der Waals surface area contributed by atoms with Gasteiger partial charge >= 0.3 is 0 Å². The van der Waals surface area contributed by atoms with Crippen LogP contribution < -0.4 is 10.6 Å². The molecule has 2 rings (SSSR count). The van der Waals surface area contributed by atoms with Crippen molar-refractivity contribution in [3.05, 3.63) is 35.9 Å². The number of benzene rings is 1. The van der Waals surface area contributed by atoms with Crippen molar-refractivity contribution in [2.24, 2.45) is 5.92 Å². The number of hydrogen-bond acceptors (Lipinski definition) is 3. The maximum Gasteiger partial charge on any atom is 0.239 e. The Balaban J connectivity index is 1.66. The molecule has 3 N–H and O–H groups in total. The van der Waals surface area contributed by atoms with Crippen LogP contribution in [0.5, 0.6) is 0 Å². The summed E-state index contributed by atoms with van der Waals surface area (Å²) in [5.41, 5.74) is 1.02. The Labute approximate surface area is 143 Å². The fourth-order valence-corrected chi connectivity index (χ4v) is 3.16. The van der Waals surface area contributed by atoms with Gasteiger partial charge in [-0.05, 0) is 31.2 Å². The molecular weight excluding hydrogens is 304 g/mol. The first-order valence-electron chi connectivity index (χ1n) is 8.82. The molecule has 2 amide bonds. The van der Waals surface area contributed by atoms with E-state index >= 15 is 0 Å². The number of rotatable bonds is 8. The van der Waals surface area contributed by atoms with Gasteiger partial charge in [0.25, 0.3) is 0 Å². The zero-order chi connectivity index (χ0) is 17.4. The highest BCUT2D eigenvalue weighted by Crippen LogP contribution is 2.27. The second-order valence-electron chi connectivity index (χ2n) is 6.74. The monoisotopic (exact) mass is 332 g/mol. The fourth-order valence-electron chi connectivity index (χ4n) is 3.16. The molecule has 1 saturated carbocycles. The standard InChI is InChI=1S/C19H28N2O3/c1-14(17(22)11-15-7-3-2-4-8-15)21-19(24)13-20-18(23)12-16-9-5-6-10-16/h2-4,7-8,14,16-17,22H,5-6,9-13H2,1H3,(H,20,23)(H,21,24). The number of amides is 2. The predicted molar refractivity (Wildman–Crippen MR) is 93.3 cm³/mol. The molecule has 132 valence electrons. The number of carbonyl (C=O) groups is 2. The third-order valence-electron chi connectivity index (χ3n) is 4.65. The Hall–Kier alpha value is -1.88. The molecule has 1 aromatic carbocycles.